The summed E-state index contributed by atoms with van der Waals surface area (Å²) in [7, 11) is 0. The van der Waals surface area contributed by atoms with Crippen LogP contribution in [-0.2, 0) is 9.59 Å². The van der Waals surface area contributed by atoms with Gasteiger partial charge in [0.1, 0.15) is 5.78 Å². The Morgan fingerprint density at radius 1 is 1.35 bits per heavy atom. The SMILES string of the molecule is CCNC(=O)CN(CC)C1CCCCCC1=O. The second-order valence-electron chi connectivity index (χ2n) is 4.60. The number of nitrogens with zero attached hydrogens (tertiary/aromatic N) is 1. The van der Waals surface area contributed by atoms with Crippen LogP contribution < -0.4 is 5.32 Å². The van der Waals surface area contributed by atoms with Crippen LogP contribution in [0.15, 0.2) is 0 Å². The second kappa shape index (κ2) is 7.43. The lowest BCUT2D eigenvalue weighted by molar-refractivity contribution is -0.127. The number of rotatable bonds is 5. The first-order valence-corrected chi connectivity index (χ1v) is 6.72. The molecule has 98 valence electrons. The molecule has 0 heterocycles. The molecule has 1 N–H and O–H groups in total. The zero-order valence-electron chi connectivity index (χ0n) is 11.0. The average molecular weight is 240 g/mol. The lowest BCUT2D eigenvalue weighted by Crippen LogP contribution is -2.46. The highest BCUT2D eigenvalue weighted by atomic mass is 16.2. The predicted octanol–water partition coefficient (Wildman–Crippen LogP) is 1.35. The Hall–Kier alpha value is -0.900. The fourth-order valence-electron chi connectivity index (χ4n) is 2.41. The molecule has 1 amide bonds. The van der Waals surface area contributed by atoms with Gasteiger partial charge in [0.15, 0.2) is 0 Å². The fraction of sp³-hybridized carbons (Fsp3) is 0.846. The number of hydrogen-bond donors (Lipinski definition) is 1. The van der Waals surface area contributed by atoms with Crippen molar-refractivity contribution >= 4 is 11.7 Å². The van der Waals surface area contributed by atoms with Crippen molar-refractivity contribution in [1.29, 1.82) is 0 Å². The smallest absolute Gasteiger partial charge is 0.234 e. The fourth-order valence-corrected chi connectivity index (χ4v) is 2.41. The normalized spacial score (nSPS) is 21.4. The van der Waals surface area contributed by atoms with E-state index in [1.54, 1.807) is 0 Å². The molecule has 0 radical (unpaired) electrons. The van der Waals surface area contributed by atoms with E-state index in [2.05, 4.69) is 5.32 Å². The molecule has 0 aromatic rings. The summed E-state index contributed by atoms with van der Waals surface area (Å²) < 4.78 is 0. The molecular weight excluding hydrogens is 216 g/mol. The number of carbonyl (C=O) groups excluding carboxylic acids is 2. The van der Waals surface area contributed by atoms with Crippen LogP contribution in [0.1, 0.15) is 46.0 Å². The van der Waals surface area contributed by atoms with E-state index in [-0.39, 0.29) is 11.9 Å². The minimum absolute atomic E-state index is 0.0198. The van der Waals surface area contributed by atoms with Gasteiger partial charge in [0, 0.05) is 13.0 Å². The van der Waals surface area contributed by atoms with E-state index in [1.807, 2.05) is 18.7 Å². The lowest BCUT2D eigenvalue weighted by Gasteiger charge is -2.28. The molecule has 0 saturated heterocycles. The maximum Gasteiger partial charge on any atom is 0.234 e. The van der Waals surface area contributed by atoms with Crippen LogP contribution in [-0.4, -0.2) is 42.3 Å². The first kappa shape index (κ1) is 14.2. The van der Waals surface area contributed by atoms with Gasteiger partial charge in [-0.05, 0) is 26.3 Å². The molecule has 0 aliphatic heterocycles. The van der Waals surface area contributed by atoms with Crippen molar-refractivity contribution in [1.82, 2.24) is 10.2 Å². The van der Waals surface area contributed by atoms with Crippen LogP contribution in [0.5, 0.6) is 0 Å². The minimum Gasteiger partial charge on any atom is -0.355 e. The topological polar surface area (TPSA) is 49.4 Å². The summed E-state index contributed by atoms with van der Waals surface area (Å²) in [5.74, 6) is 0.333. The highest BCUT2D eigenvalue weighted by molar-refractivity contribution is 5.85. The van der Waals surface area contributed by atoms with Gasteiger partial charge in [-0.3, -0.25) is 14.5 Å². The van der Waals surface area contributed by atoms with Gasteiger partial charge in [0.05, 0.1) is 12.6 Å². The Morgan fingerprint density at radius 2 is 2.12 bits per heavy atom. The number of ketones is 1. The summed E-state index contributed by atoms with van der Waals surface area (Å²) in [4.78, 5) is 25.6. The molecule has 1 unspecified atom stereocenters. The van der Waals surface area contributed by atoms with Gasteiger partial charge in [0.25, 0.3) is 0 Å². The monoisotopic (exact) mass is 240 g/mol. The molecule has 0 bridgehead atoms. The molecule has 1 aliphatic rings. The number of amides is 1. The van der Waals surface area contributed by atoms with Crippen LogP contribution in [0.2, 0.25) is 0 Å². The molecule has 1 aliphatic carbocycles. The number of likely N-dealkylation sites (N-methyl/N-ethyl adjacent to an activating group) is 2. The van der Waals surface area contributed by atoms with Gasteiger partial charge in [0.2, 0.25) is 5.91 Å². The third-order valence-electron chi connectivity index (χ3n) is 3.34. The summed E-state index contributed by atoms with van der Waals surface area (Å²) in [5, 5.41) is 2.79. The van der Waals surface area contributed by atoms with Gasteiger partial charge in [-0.25, -0.2) is 0 Å². The summed E-state index contributed by atoms with van der Waals surface area (Å²) >= 11 is 0. The Balaban J connectivity index is 2.57. The van der Waals surface area contributed by atoms with Crippen LogP contribution in [0.4, 0.5) is 0 Å². The van der Waals surface area contributed by atoms with Gasteiger partial charge in [-0.1, -0.05) is 19.8 Å². The summed E-state index contributed by atoms with van der Waals surface area (Å²) in [6.45, 7) is 5.67. The molecular formula is C13H24N2O2. The van der Waals surface area contributed by atoms with Crippen molar-refractivity contribution in [2.24, 2.45) is 0 Å². The van der Waals surface area contributed by atoms with Crippen LogP contribution in [0.25, 0.3) is 0 Å². The number of nitrogens with one attached hydrogen (secondary N) is 1. The van der Waals surface area contributed by atoms with Crippen molar-refractivity contribution in [2.75, 3.05) is 19.6 Å². The van der Waals surface area contributed by atoms with Crippen molar-refractivity contribution in [3.05, 3.63) is 0 Å². The molecule has 1 fully saturated rings. The van der Waals surface area contributed by atoms with Gasteiger partial charge in [-0.15, -0.1) is 0 Å². The lowest BCUT2D eigenvalue weighted by atomic mass is 10.1. The average Bonchev–Trinajstić information content (AvgIpc) is 2.51. The van der Waals surface area contributed by atoms with E-state index in [0.717, 1.165) is 32.2 Å². The highest BCUT2D eigenvalue weighted by Gasteiger charge is 2.27. The molecule has 0 aromatic heterocycles. The van der Waals surface area contributed by atoms with Gasteiger partial charge < -0.3 is 5.32 Å². The Kier molecular flexibility index (Phi) is 6.19. The summed E-state index contributed by atoms with van der Waals surface area (Å²) in [6.07, 6.45) is 4.83. The largest absolute Gasteiger partial charge is 0.355 e. The Labute approximate surface area is 104 Å². The molecule has 4 heteroatoms. The maximum atomic E-state index is 12.0. The maximum absolute atomic E-state index is 12.0. The zero-order valence-corrected chi connectivity index (χ0v) is 11.0. The van der Waals surface area contributed by atoms with Crippen molar-refractivity contribution < 1.29 is 9.59 Å². The zero-order chi connectivity index (χ0) is 12.7. The van der Waals surface area contributed by atoms with Crippen LogP contribution in [0, 0.1) is 0 Å². The molecule has 1 rings (SSSR count). The van der Waals surface area contributed by atoms with E-state index in [9.17, 15) is 9.59 Å². The van der Waals surface area contributed by atoms with Crippen LogP contribution in [0.3, 0.4) is 0 Å². The van der Waals surface area contributed by atoms with E-state index < -0.39 is 0 Å². The first-order valence-electron chi connectivity index (χ1n) is 6.72. The summed E-state index contributed by atoms with van der Waals surface area (Å²) in [6, 6.07) is -0.0369. The van der Waals surface area contributed by atoms with E-state index >= 15 is 0 Å². The minimum atomic E-state index is -0.0369. The molecule has 1 atom stereocenters. The third kappa shape index (κ3) is 4.46. The molecule has 4 nitrogen and oxygen atoms in total. The number of Topliss-reactive ketones (excluding diaryl/α,β-unsaturated/α-hetero) is 1. The molecule has 1 saturated carbocycles. The molecule has 0 aromatic carbocycles. The molecule has 0 spiro atoms. The Morgan fingerprint density at radius 3 is 2.76 bits per heavy atom. The standard InChI is InChI=1S/C13H24N2O2/c1-3-14-13(17)10-15(4-2)11-8-6-5-7-9-12(11)16/h11H,3-10H2,1-2H3,(H,14,17). The first-order chi connectivity index (χ1) is 8.19. The quantitative estimate of drug-likeness (QED) is 0.738. The van der Waals surface area contributed by atoms with Crippen molar-refractivity contribution in [2.45, 2.75) is 52.0 Å². The third-order valence-corrected chi connectivity index (χ3v) is 3.34. The molecule has 17 heavy (non-hydrogen) atoms. The second-order valence-corrected chi connectivity index (χ2v) is 4.60. The van der Waals surface area contributed by atoms with Gasteiger partial charge >= 0.3 is 0 Å². The van der Waals surface area contributed by atoms with Crippen molar-refractivity contribution in [3.63, 3.8) is 0 Å². The number of hydrogen-bond acceptors (Lipinski definition) is 3. The Bertz CT molecular complexity index is 266. The highest BCUT2D eigenvalue weighted by Crippen LogP contribution is 2.19. The number of carbonyl (C=O) groups is 2. The van der Waals surface area contributed by atoms with Crippen molar-refractivity contribution in [3.8, 4) is 0 Å². The van der Waals surface area contributed by atoms with E-state index in [4.69, 9.17) is 0 Å². The van der Waals surface area contributed by atoms with E-state index in [1.165, 1.54) is 0 Å². The van der Waals surface area contributed by atoms with Gasteiger partial charge in [-0.2, -0.15) is 0 Å². The predicted molar refractivity (Wildman–Crippen MR) is 67.8 cm³/mol. The van der Waals surface area contributed by atoms with E-state index in [0.29, 0.717) is 25.3 Å². The summed E-state index contributed by atoms with van der Waals surface area (Å²) in [5.41, 5.74) is 0. The van der Waals surface area contributed by atoms with Crippen LogP contribution >= 0.6 is 0 Å².